The van der Waals surface area contributed by atoms with Crippen LogP contribution in [0.5, 0.6) is 0 Å². The Kier molecular flexibility index (Phi) is 6.10. The molecule has 174 valence electrons. The molecule has 1 fully saturated rings. The number of hydrogen-bond acceptors (Lipinski definition) is 5. The van der Waals surface area contributed by atoms with Crippen molar-refractivity contribution in [1.82, 2.24) is 9.55 Å². The first-order valence-corrected chi connectivity index (χ1v) is 11.9. The maximum absolute atomic E-state index is 13.4. The molecule has 4 aromatic rings. The van der Waals surface area contributed by atoms with Crippen LogP contribution in [0.15, 0.2) is 64.8 Å². The van der Waals surface area contributed by atoms with Crippen molar-refractivity contribution in [2.24, 2.45) is 5.92 Å². The van der Waals surface area contributed by atoms with E-state index in [1.54, 1.807) is 16.7 Å². The number of aromatic nitrogens is 2. The molecule has 0 spiro atoms. The predicted molar refractivity (Wildman–Crippen MR) is 129 cm³/mol. The quantitative estimate of drug-likeness (QED) is 0.452. The van der Waals surface area contributed by atoms with Crippen molar-refractivity contribution in [3.8, 4) is 0 Å². The van der Waals surface area contributed by atoms with Gasteiger partial charge in [-0.3, -0.25) is 14.2 Å². The molecule has 1 aliphatic rings. The number of amides is 1. The number of piperidine rings is 1. The summed E-state index contributed by atoms with van der Waals surface area (Å²) in [7, 11) is 0. The fraction of sp³-hybridized carbons (Fsp3) is 0.240. The van der Waals surface area contributed by atoms with Crippen LogP contribution in [0, 0.1) is 17.6 Å². The molecule has 5 rings (SSSR count). The summed E-state index contributed by atoms with van der Waals surface area (Å²) in [5.74, 6) is -0.668. The Labute approximate surface area is 198 Å². The molecule has 2 aromatic carbocycles. The standard InChI is InChI=1S/C25H22F2N4O2S/c26-18-5-3-16(4-6-18)14-31-24(33)22-21(11-13-34-22)29-25(31)30-12-1-2-17(15-30)23(32)28-20-9-7-19(27)8-10-20/h3-11,13,17H,1-2,12,14-15H2,(H,28,32). The van der Waals surface area contributed by atoms with Crippen LogP contribution in [0.25, 0.3) is 10.2 Å². The number of thiophene rings is 1. The SMILES string of the molecule is O=C(Nc1ccc(F)cc1)C1CCCN(c2nc3ccsc3c(=O)n2Cc2ccc(F)cc2)C1. The van der Waals surface area contributed by atoms with Crippen LogP contribution in [0.1, 0.15) is 18.4 Å². The largest absolute Gasteiger partial charge is 0.341 e. The van der Waals surface area contributed by atoms with E-state index in [1.807, 2.05) is 16.3 Å². The molecule has 1 unspecified atom stereocenters. The van der Waals surface area contributed by atoms with E-state index in [0.717, 1.165) is 12.0 Å². The molecule has 1 atom stereocenters. The Morgan fingerprint density at radius 3 is 2.50 bits per heavy atom. The predicted octanol–water partition coefficient (Wildman–Crippen LogP) is 4.64. The number of benzene rings is 2. The van der Waals surface area contributed by atoms with Gasteiger partial charge in [0.05, 0.1) is 18.0 Å². The molecule has 1 aliphatic heterocycles. The summed E-state index contributed by atoms with van der Waals surface area (Å²) >= 11 is 1.34. The average molecular weight is 481 g/mol. The van der Waals surface area contributed by atoms with E-state index in [1.165, 1.54) is 47.7 Å². The van der Waals surface area contributed by atoms with E-state index >= 15 is 0 Å². The van der Waals surface area contributed by atoms with Crippen molar-refractivity contribution in [3.63, 3.8) is 0 Å². The zero-order valence-electron chi connectivity index (χ0n) is 18.2. The van der Waals surface area contributed by atoms with Crippen LogP contribution in [0.4, 0.5) is 20.4 Å². The second kappa shape index (κ2) is 9.34. The van der Waals surface area contributed by atoms with E-state index in [4.69, 9.17) is 4.98 Å². The minimum absolute atomic E-state index is 0.152. The number of nitrogens with one attached hydrogen (secondary N) is 1. The summed E-state index contributed by atoms with van der Waals surface area (Å²) in [6.07, 6.45) is 1.46. The third-order valence-electron chi connectivity index (χ3n) is 5.99. The smallest absolute Gasteiger partial charge is 0.273 e. The van der Waals surface area contributed by atoms with Gasteiger partial charge in [0.15, 0.2) is 0 Å². The lowest BCUT2D eigenvalue weighted by Gasteiger charge is -2.34. The highest BCUT2D eigenvalue weighted by Gasteiger charge is 2.29. The highest BCUT2D eigenvalue weighted by Crippen LogP contribution is 2.26. The highest BCUT2D eigenvalue weighted by atomic mass is 32.1. The minimum Gasteiger partial charge on any atom is -0.341 e. The lowest BCUT2D eigenvalue weighted by atomic mass is 9.97. The Morgan fingerprint density at radius 1 is 1.06 bits per heavy atom. The van der Waals surface area contributed by atoms with Crippen molar-refractivity contribution in [2.75, 3.05) is 23.3 Å². The third kappa shape index (κ3) is 4.56. The minimum atomic E-state index is -0.365. The summed E-state index contributed by atoms with van der Waals surface area (Å²) in [6, 6.07) is 13.5. The first kappa shape index (κ1) is 22.2. The molecule has 0 saturated carbocycles. The Morgan fingerprint density at radius 2 is 1.76 bits per heavy atom. The van der Waals surface area contributed by atoms with Crippen LogP contribution in [-0.2, 0) is 11.3 Å². The van der Waals surface area contributed by atoms with E-state index in [0.29, 0.717) is 41.4 Å². The van der Waals surface area contributed by atoms with Gasteiger partial charge in [-0.2, -0.15) is 0 Å². The Balaban J connectivity index is 1.44. The fourth-order valence-corrected chi connectivity index (χ4v) is 5.02. The van der Waals surface area contributed by atoms with Gasteiger partial charge < -0.3 is 10.2 Å². The normalized spacial score (nSPS) is 16.1. The highest BCUT2D eigenvalue weighted by molar-refractivity contribution is 7.17. The molecule has 1 amide bonds. The molecule has 3 heterocycles. The number of halogens is 2. The zero-order valence-corrected chi connectivity index (χ0v) is 19.0. The van der Waals surface area contributed by atoms with Crippen LogP contribution in [0.2, 0.25) is 0 Å². The Hall–Kier alpha value is -3.59. The third-order valence-corrected chi connectivity index (χ3v) is 6.88. The molecule has 1 saturated heterocycles. The van der Waals surface area contributed by atoms with Crippen molar-refractivity contribution in [2.45, 2.75) is 19.4 Å². The van der Waals surface area contributed by atoms with Crippen molar-refractivity contribution < 1.29 is 13.6 Å². The maximum Gasteiger partial charge on any atom is 0.273 e. The molecule has 6 nitrogen and oxygen atoms in total. The van der Waals surface area contributed by atoms with Crippen molar-refractivity contribution in [1.29, 1.82) is 0 Å². The van der Waals surface area contributed by atoms with E-state index in [-0.39, 0.29) is 35.6 Å². The molecular formula is C25H22F2N4O2S. The number of rotatable bonds is 5. The molecule has 34 heavy (non-hydrogen) atoms. The van der Waals surface area contributed by atoms with E-state index in [2.05, 4.69) is 5.32 Å². The van der Waals surface area contributed by atoms with Gasteiger partial charge in [0.1, 0.15) is 16.3 Å². The van der Waals surface area contributed by atoms with Crippen molar-refractivity contribution >= 4 is 39.1 Å². The number of carbonyl (C=O) groups excluding carboxylic acids is 1. The summed E-state index contributed by atoms with van der Waals surface area (Å²) in [5, 5.41) is 4.69. The topological polar surface area (TPSA) is 67.2 Å². The van der Waals surface area contributed by atoms with Gasteiger partial charge in [0.25, 0.3) is 5.56 Å². The zero-order chi connectivity index (χ0) is 23.7. The number of anilines is 2. The first-order chi connectivity index (χ1) is 16.5. The van der Waals surface area contributed by atoms with Crippen LogP contribution in [0.3, 0.4) is 0 Å². The second-order valence-corrected chi connectivity index (χ2v) is 9.26. The summed E-state index contributed by atoms with van der Waals surface area (Å²) < 4.78 is 28.7. The second-order valence-electron chi connectivity index (χ2n) is 8.35. The van der Waals surface area contributed by atoms with Crippen LogP contribution >= 0.6 is 11.3 Å². The molecule has 2 aromatic heterocycles. The summed E-state index contributed by atoms with van der Waals surface area (Å²) in [4.78, 5) is 33.0. The van der Waals surface area contributed by atoms with E-state index < -0.39 is 0 Å². The van der Waals surface area contributed by atoms with Gasteiger partial charge in [0, 0.05) is 18.8 Å². The summed E-state index contributed by atoms with van der Waals surface area (Å²) in [6.45, 7) is 1.31. The Bertz CT molecular complexity index is 1380. The van der Waals surface area contributed by atoms with Gasteiger partial charge >= 0.3 is 0 Å². The van der Waals surface area contributed by atoms with Crippen LogP contribution in [-0.4, -0.2) is 28.5 Å². The first-order valence-electron chi connectivity index (χ1n) is 11.0. The molecule has 0 aliphatic carbocycles. The van der Waals surface area contributed by atoms with Gasteiger partial charge in [-0.05, 0) is 66.2 Å². The fourth-order valence-electron chi connectivity index (χ4n) is 4.24. The molecule has 9 heteroatoms. The van der Waals surface area contributed by atoms with Crippen molar-refractivity contribution in [3.05, 3.63) is 87.5 Å². The van der Waals surface area contributed by atoms with Gasteiger partial charge in [-0.25, -0.2) is 13.8 Å². The van der Waals surface area contributed by atoms with Gasteiger partial charge in [0.2, 0.25) is 11.9 Å². The molecule has 1 N–H and O–H groups in total. The maximum atomic E-state index is 13.4. The van der Waals surface area contributed by atoms with Crippen LogP contribution < -0.4 is 15.8 Å². The molecule has 0 radical (unpaired) electrons. The lowest BCUT2D eigenvalue weighted by molar-refractivity contribution is -0.120. The van der Waals surface area contributed by atoms with Gasteiger partial charge in [-0.1, -0.05) is 12.1 Å². The number of hydrogen-bond donors (Lipinski definition) is 1. The average Bonchev–Trinajstić information content (AvgIpc) is 3.33. The molecule has 0 bridgehead atoms. The summed E-state index contributed by atoms with van der Waals surface area (Å²) in [5.41, 5.74) is 1.79. The number of carbonyl (C=O) groups is 1. The number of nitrogens with zero attached hydrogens (tertiary/aromatic N) is 3. The number of fused-ring (bicyclic) bond motifs is 1. The van der Waals surface area contributed by atoms with E-state index in [9.17, 15) is 18.4 Å². The lowest BCUT2D eigenvalue weighted by Crippen LogP contribution is -2.43. The van der Waals surface area contributed by atoms with Gasteiger partial charge in [-0.15, -0.1) is 11.3 Å². The monoisotopic (exact) mass is 480 g/mol. The molecular weight excluding hydrogens is 458 g/mol.